The molecule has 18 heavy (non-hydrogen) atoms. The summed E-state index contributed by atoms with van der Waals surface area (Å²) in [6.07, 6.45) is 0. The molecule has 1 amide bonds. The van der Waals surface area contributed by atoms with Gasteiger partial charge in [-0.3, -0.25) is 10.2 Å². The Kier molecular flexibility index (Phi) is 2.93. The number of hydrogen-bond acceptors (Lipinski definition) is 5. The Labute approximate surface area is 104 Å². The third-order valence-corrected chi connectivity index (χ3v) is 2.47. The lowest BCUT2D eigenvalue weighted by atomic mass is 10.1. The predicted molar refractivity (Wildman–Crippen MR) is 67.7 cm³/mol. The first-order valence-corrected chi connectivity index (χ1v) is 5.38. The number of benzene rings is 1. The zero-order valence-electron chi connectivity index (χ0n) is 10.1. The van der Waals surface area contributed by atoms with E-state index in [1.54, 1.807) is 0 Å². The standard InChI is InChI=1S/C12H14N4O2/c1-6-3-7(2)5-8(4-6)15-10(13)9-11(14)18-16-12(9)17/h3-5,14-15H,13H2,1-2H3,(H,16,17)/b10-9-,14-11?. The van der Waals surface area contributed by atoms with Gasteiger partial charge in [-0.15, -0.1) is 0 Å². The van der Waals surface area contributed by atoms with E-state index in [2.05, 4.69) is 15.6 Å². The maximum atomic E-state index is 11.4. The normalized spacial score (nSPS) is 17.2. The SMILES string of the molecule is Cc1cc(C)cc(N/C(N)=C2/C(=N)ONC2=O)c1. The smallest absolute Gasteiger partial charge is 0.293 e. The first kappa shape index (κ1) is 12.0. The summed E-state index contributed by atoms with van der Waals surface area (Å²) in [4.78, 5) is 16.0. The fourth-order valence-electron chi connectivity index (χ4n) is 1.81. The average molecular weight is 246 g/mol. The van der Waals surface area contributed by atoms with Gasteiger partial charge < -0.3 is 15.9 Å². The molecule has 5 N–H and O–H groups in total. The van der Waals surface area contributed by atoms with Crippen molar-refractivity contribution in [3.8, 4) is 0 Å². The van der Waals surface area contributed by atoms with Crippen molar-refractivity contribution in [1.29, 1.82) is 5.41 Å². The molecule has 0 unspecified atom stereocenters. The van der Waals surface area contributed by atoms with Crippen molar-refractivity contribution in [3.05, 3.63) is 40.7 Å². The molecule has 0 aliphatic carbocycles. The number of nitrogens with two attached hydrogens (primary N) is 1. The third kappa shape index (κ3) is 2.27. The second-order valence-electron chi connectivity index (χ2n) is 4.15. The minimum Gasteiger partial charge on any atom is -0.384 e. The van der Waals surface area contributed by atoms with Crippen LogP contribution in [-0.2, 0) is 9.63 Å². The molecule has 1 aliphatic rings. The molecule has 1 aromatic carbocycles. The van der Waals surface area contributed by atoms with Gasteiger partial charge in [0, 0.05) is 5.69 Å². The van der Waals surface area contributed by atoms with E-state index in [-0.39, 0.29) is 17.3 Å². The number of aryl methyl sites for hydroxylation is 2. The minimum absolute atomic E-state index is 0.00848. The van der Waals surface area contributed by atoms with Crippen LogP contribution in [0.4, 0.5) is 5.69 Å². The highest BCUT2D eigenvalue weighted by Crippen LogP contribution is 2.17. The van der Waals surface area contributed by atoms with Gasteiger partial charge in [0.05, 0.1) is 0 Å². The first-order valence-electron chi connectivity index (χ1n) is 5.38. The Bertz CT molecular complexity index is 525. The highest BCUT2D eigenvalue weighted by Gasteiger charge is 2.28. The van der Waals surface area contributed by atoms with Gasteiger partial charge in [0.25, 0.3) is 11.8 Å². The van der Waals surface area contributed by atoms with Crippen molar-refractivity contribution in [2.24, 2.45) is 5.73 Å². The Hall–Kier alpha value is -2.50. The number of hydrogen-bond donors (Lipinski definition) is 4. The number of carbonyl (C=O) groups excluding carboxylic acids is 1. The van der Waals surface area contributed by atoms with Gasteiger partial charge >= 0.3 is 0 Å². The summed E-state index contributed by atoms with van der Waals surface area (Å²) >= 11 is 0. The van der Waals surface area contributed by atoms with Crippen molar-refractivity contribution in [2.45, 2.75) is 13.8 Å². The maximum absolute atomic E-state index is 11.4. The molecular formula is C12H14N4O2. The van der Waals surface area contributed by atoms with Crippen LogP contribution in [0.2, 0.25) is 0 Å². The van der Waals surface area contributed by atoms with Crippen LogP contribution in [0.1, 0.15) is 11.1 Å². The van der Waals surface area contributed by atoms with Crippen molar-refractivity contribution < 1.29 is 9.63 Å². The fraction of sp³-hybridized carbons (Fsp3) is 0.167. The number of amides is 1. The molecule has 6 heteroatoms. The summed E-state index contributed by atoms with van der Waals surface area (Å²) in [7, 11) is 0. The maximum Gasteiger partial charge on any atom is 0.293 e. The Morgan fingerprint density at radius 1 is 1.33 bits per heavy atom. The van der Waals surface area contributed by atoms with Crippen molar-refractivity contribution in [1.82, 2.24) is 5.48 Å². The van der Waals surface area contributed by atoms with Crippen LogP contribution in [0.25, 0.3) is 0 Å². The van der Waals surface area contributed by atoms with Crippen LogP contribution >= 0.6 is 0 Å². The van der Waals surface area contributed by atoms with Crippen LogP contribution in [-0.4, -0.2) is 11.8 Å². The van der Waals surface area contributed by atoms with E-state index in [9.17, 15) is 4.79 Å². The molecule has 1 heterocycles. The van der Waals surface area contributed by atoms with Gasteiger partial charge in [0.1, 0.15) is 11.4 Å². The molecule has 0 spiro atoms. The molecule has 0 radical (unpaired) electrons. The van der Waals surface area contributed by atoms with Crippen molar-refractivity contribution in [3.63, 3.8) is 0 Å². The second-order valence-corrected chi connectivity index (χ2v) is 4.15. The lowest BCUT2D eigenvalue weighted by Crippen LogP contribution is -2.20. The summed E-state index contributed by atoms with van der Waals surface area (Å²) in [6, 6.07) is 5.83. The average Bonchev–Trinajstić information content (AvgIpc) is 2.56. The Morgan fingerprint density at radius 2 is 1.94 bits per heavy atom. The van der Waals surface area contributed by atoms with E-state index in [1.165, 1.54) is 0 Å². The van der Waals surface area contributed by atoms with E-state index < -0.39 is 5.91 Å². The van der Waals surface area contributed by atoms with Crippen LogP contribution in [0.5, 0.6) is 0 Å². The van der Waals surface area contributed by atoms with E-state index >= 15 is 0 Å². The van der Waals surface area contributed by atoms with Gasteiger partial charge in [0.15, 0.2) is 0 Å². The molecule has 2 rings (SSSR count). The van der Waals surface area contributed by atoms with Crippen molar-refractivity contribution >= 4 is 17.5 Å². The molecular weight excluding hydrogens is 232 g/mol. The summed E-state index contributed by atoms with van der Waals surface area (Å²) in [5, 5.41) is 10.3. The molecule has 94 valence electrons. The number of anilines is 1. The second kappa shape index (κ2) is 4.40. The van der Waals surface area contributed by atoms with Gasteiger partial charge in [-0.25, -0.2) is 0 Å². The van der Waals surface area contributed by atoms with E-state index in [4.69, 9.17) is 11.1 Å². The molecule has 1 fully saturated rings. The number of hydroxylamine groups is 1. The van der Waals surface area contributed by atoms with Crippen molar-refractivity contribution in [2.75, 3.05) is 5.32 Å². The number of nitrogens with one attached hydrogen (secondary N) is 3. The predicted octanol–water partition coefficient (Wildman–Crippen LogP) is 0.924. The molecule has 1 aromatic rings. The molecule has 0 atom stereocenters. The van der Waals surface area contributed by atoms with Crippen LogP contribution in [0, 0.1) is 19.3 Å². The summed E-state index contributed by atoms with van der Waals surface area (Å²) in [6.45, 7) is 3.93. The molecule has 0 aromatic heterocycles. The fourth-order valence-corrected chi connectivity index (χ4v) is 1.81. The van der Waals surface area contributed by atoms with Crippen LogP contribution in [0.3, 0.4) is 0 Å². The number of rotatable bonds is 2. The highest BCUT2D eigenvalue weighted by atomic mass is 16.7. The first-order chi connectivity index (χ1) is 8.47. The van der Waals surface area contributed by atoms with Gasteiger partial charge in [-0.2, -0.15) is 5.48 Å². The highest BCUT2D eigenvalue weighted by molar-refractivity contribution is 6.21. The van der Waals surface area contributed by atoms with Crippen LogP contribution in [0.15, 0.2) is 29.6 Å². The van der Waals surface area contributed by atoms with Gasteiger partial charge in [-0.1, -0.05) is 6.07 Å². The molecule has 1 saturated heterocycles. The quantitative estimate of drug-likeness (QED) is 0.583. The Morgan fingerprint density at radius 3 is 2.44 bits per heavy atom. The van der Waals surface area contributed by atoms with Gasteiger partial charge in [0.2, 0.25) is 0 Å². The van der Waals surface area contributed by atoms with E-state index in [0.29, 0.717) is 0 Å². The molecule has 6 nitrogen and oxygen atoms in total. The zero-order chi connectivity index (χ0) is 13.3. The summed E-state index contributed by atoms with van der Waals surface area (Å²) in [5.41, 5.74) is 10.8. The molecule has 0 bridgehead atoms. The monoisotopic (exact) mass is 246 g/mol. The Balaban J connectivity index is 2.31. The minimum atomic E-state index is -0.519. The summed E-state index contributed by atoms with van der Waals surface area (Å²) < 4.78 is 0. The number of carbonyl (C=O) groups is 1. The zero-order valence-corrected chi connectivity index (χ0v) is 10.1. The molecule has 1 aliphatic heterocycles. The lowest BCUT2D eigenvalue weighted by Gasteiger charge is -2.09. The molecule has 0 saturated carbocycles. The summed E-state index contributed by atoms with van der Waals surface area (Å²) in [5.74, 6) is -0.705. The topological polar surface area (TPSA) is 100 Å². The largest absolute Gasteiger partial charge is 0.384 e. The third-order valence-electron chi connectivity index (χ3n) is 2.47. The van der Waals surface area contributed by atoms with Crippen LogP contribution < -0.4 is 16.5 Å². The lowest BCUT2D eigenvalue weighted by molar-refractivity contribution is -0.121. The van der Waals surface area contributed by atoms with E-state index in [0.717, 1.165) is 16.8 Å². The van der Waals surface area contributed by atoms with Gasteiger partial charge in [-0.05, 0) is 37.1 Å². The van der Waals surface area contributed by atoms with E-state index in [1.807, 2.05) is 32.0 Å².